The molecule has 0 aliphatic carbocycles. The third-order valence-corrected chi connectivity index (χ3v) is 3.68. The van der Waals surface area contributed by atoms with Crippen molar-refractivity contribution in [2.75, 3.05) is 13.1 Å². The van der Waals surface area contributed by atoms with E-state index >= 15 is 0 Å². The summed E-state index contributed by atoms with van der Waals surface area (Å²) in [5.74, 6) is 0.741. The lowest BCUT2D eigenvalue weighted by molar-refractivity contribution is -0.125. The zero-order valence-electron chi connectivity index (χ0n) is 11.8. The SMILES string of the molecule is O=C(NCc1coc(-c2ccccc2)n1)C1CCCNC1. The van der Waals surface area contributed by atoms with Crippen molar-refractivity contribution in [1.29, 1.82) is 0 Å². The molecule has 0 spiro atoms. The number of nitrogens with one attached hydrogen (secondary N) is 2. The lowest BCUT2D eigenvalue weighted by Gasteiger charge is -2.21. The Morgan fingerprint density at radius 2 is 2.24 bits per heavy atom. The topological polar surface area (TPSA) is 67.2 Å². The predicted molar refractivity (Wildman–Crippen MR) is 79.4 cm³/mol. The highest BCUT2D eigenvalue weighted by atomic mass is 16.3. The van der Waals surface area contributed by atoms with Crippen LogP contribution in [0.1, 0.15) is 18.5 Å². The number of carbonyl (C=O) groups is 1. The maximum absolute atomic E-state index is 12.0. The number of benzene rings is 1. The Morgan fingerprint density at radius 1 is 1.38 bits per heavy atom. The predicted octanol–water partition coefficient (Wildman–Crippen LogP) is 1.96. The van der Waals surface area contributed by atoms with Crippen molar-refractivity contribution in [2.45, 2.75) is 19.4 Å². The maximum Gasteiger partial charge on any atom is 0.226 e. The Labute approximate surface area is 123 Å². The van der Waals surface area contributed by atoms with Gasteiger partial charge in [0.05, 0.1) is 18.2 Å². The summed E-state index contributed by atoms with van der Waals surface area (Å²) in [4.78, 5) is 16.4. The molecule has 5 nitrogen and oxygen atoms in total. The van der Waals surface area contributed by atoms with Crippen LogP contribution in [0.5, 0.6) is 0 Å². The quantitative estimate of drug-likeness (QED) is 0.901. The number of oxazole rings is 1. The second-order valence-corrected chi connectivity index (χ2v) is 5.27. The molecule has 1 aromatic carbocycles. The molecule has 1 atom stereocenters. The number of carbonyl (C=O) groups excluding carboxylic acids is 1. The number of amides is 1. The van der Waals surface area contributed by atoms with Gasteiger partial charge in [0, 0.05) is 12.1 Å². The van der Waals surface area contributed by atoms with Crippen molar-refractivity contribution in [1.82, 2.24) is 15.6 Å². The monoisotopic (exact) mass is 285 g/mol. The highest BCUT2D eigenvalue weighted by Gasteiger charge is 2.20. The molecular formula is C16H19N3O2. The largest absolute Gasteiger partial charge is 0.444 e. The van der Waals surface area contributed by atoms with Crippen molar-refractivity contribution in [3.05, 3.63) is 42.3 Å². The van der Waals surface area contributed by atoms with E-state index in [9.17, 15) is 4.79 Å². The van der Waals surface area contributed by atoms with Gasteiger partial charge in [0.25, 0.3) is 0 Å². The summed E-state index contributed by atoms with van der Waals surface area (Å²) < 4.78 is 5.45. The molecule has 110 valence electrons. The van der Waals surface area contributed by atoms with Crippen LogP contribution in [0.4, 0.5) is 0 Å². The number of nitrogens with zero attached hydrogens (tertiary/aromatic N) is 1. The molecule has 1 saturated heterocycles. The van der Waals surface area contributed by atoms with E-state index in [4.69, 9.17) is 4.42 Å². The van der Waals surface area contributed by atoms with Crippen LogP contribution in [0.15, 0.2) is 41.0 Å². The molecule has 1 aliphatic heterocycles. The molecule has 0 saturated carbocycles. The minimum atomic E-state index is 0.0687. The molecular weight excluding hydrogens is 266 g/mol. The summed E-state index contributed by atoms with van der Waals surface area (Å²) >= 11 is 0. The van der Waals surface area contributed by atoms with Crippen LogP contribution >= 0.6 is 0 Å². The van der Waals surface area contributed by atoms with Gasteiger partial charge in [0.15, 0.2) is 0 Å². The molecule has 2 heterocycles. The molecule has 0 bridgehead atoms. The number of hydrogen-bond donors (Lipinski definition) is 2. The van der Waals surface area contributed by atoms with E-state index in [0.29, 0.717) is 12.4 Å². The van der Waals surface area contributed by atoms with Gasteiger partial charge in [-0.15, -0.1) is 0 Å². The van der Waals surface area contributed by atoms with Crippen molar-refractivity contribution in [3.63, 3.8) is 0 Å². The van der Waals surface area contributed by atoms with Gasteiger partial charge in [-0.05, 0) is 31.5 Å². The number of hydrogen-bond acceptors (Lipinski definition) is 4. The van der Waals surface area contributed by atoms with Crippen molar-refractivity contribution < 1.29 is 9.21 Å². The van der Waals surface area contributed by atoms with Crippen LogP contribution in [0, 0.1) is 5.92 Å². The third-order valence-electron chi connectivity index (χ3n) is 3.68. The molecule has 1 fully saturated rings. The third kappa shape index (κ3) is 3.49. The fourth-order valence-corrected chi connectivity index (χ4v) is 2.50. The molecule has 0 radical (unpaired) electrons. The smallest absolute Gasteiger partial charge is 0.226 e. The highest BCUT2D eigenvalue weighted by molar-refractivity contribution is 5.78. The molecule has 1 unspecified atom stereocenters. The van der Waals surface area contributed by atoms with Crippen LogP contribution in [0.3, 0.4) is 0 Å². The first-order valence-corrected chi connectivity index (χ1v) is 7.31. The maximum atomic E-state index is 12.0. The van der Waals surface area contributed by atoms with Gasteiger partial charge in [-0.3, -0.25) is 4.79 Å². The van der Waals surface area contributed by atoms with E-state index in [2.05, 4.69) is 15.6 Å². The van der Waals surface area contributed by atoms with Gasteiger partial charge >= 0.3 is 0 Å². The molecule has 2 aromatic rings. The van der Waals surface area contributed by atoms with Gasteiger partial charge in [-0.1, -0.05) is 18.2 Å². The van der Waals surface area contributed by atoms with Gasteiger partial charge in [0.2, 0.25) is 11.8 Å². The first-order valence-electron chi connectivity index (χ1n) is 7.31. The summed E-state index contributed by atoms with van der Waals surface area (Å²) in [6.45, 7) is 2.18. The van der Waals surface area contributed by atoms with Gasteiger partial charge < -0.3 is 15.1 Å². The minimum Gasteiger partial charge on any atom is -0.444 e. The van der Waals surface area contributed by atoms with Crippen LogP contribution in [-0.2, 0) is 11.3 Å². The molecule has 1 aromatic heterocycles. The van der Waals surface area contributed by atoms with Crippen LogP contribution in [0.2, 0.25) is 0 Å². The summed E-state index contributed by atoms with van der Waals surface area (Å²) in [6.07, 6.45) is 3.61. The van der Waals surface area contributed by atoms with Crippen LogP contribution in [0.25, 0.3) is 11.5 Å². The second kappa shape index (κ2) is 6.54. The molecule has 1 amide bonds. The Morgan fingerprint density at radius 3 is 3.00 bits per heavy atom. The number of piperidine rings is 1. The Balaban J connectivity index is 1.56. The van der Waals surface area contributed by atoms with Gasteiger partial charge in [-0.2, -0.15) is 0 Å². The average Bonchev–Trinajstić information content (AvgIpc) is 3.03. The lowest BCUT2D eigenvalue weighted by Crippen LogP contribution is -2.40. The van der Waals surface area contributed by atoms with Crippen LogP contribution in [-0.4, -0.2) is 24.0 Å². The standard InChI is InChI=1S/C16H19N3O2/c20-15(13-7-4-8-17-9-13)18-10-14-11-21-16(19-14)12-5-2-1-3-6-12/h1-3,5-6,11,13,17H,4,7-10H2,(H,18,20). The molecule has 2 N–H and O–H groups in total. The molecule has 5 heteroatoms. The number of rotatable bonds is 4. The summed E-state index contributed by atoms with van der Waals surface area (Å²) in [5, 5.41) is 6.18. The van der Waals surface area contributed by atoms with Crippen molar-refractivity contribution in [2.24, 2.45) is 5.92 Å². The summed E-state index contributed by atoms with van der Waals surface area (Å²) in [5.41, 5.74) is 1.68. The lowest BCUT2D eigenvalue weighted by atomic mass is 9.99. The van der Waals surface area contributed by atoms with Gasteiger partial charge in [0.1, 0.15) is 6.26 Å². The van der Waals surface area contributed by atoms with Crippen molar-refractivity contribution in [3.8, 4) is 11.5 Å². The van der Waals surface area contributed by atoms with E-state index in [1.807, 2.05) is 30.3 Å². The normalized spacial score (nSPS) is 18.4. The first-order chi connectivity index (χ1) is 10.3. The van der Waals surface area contributed by atoms with Crippen molar-refractivity contribution >= 4 is 5.91 Å². The fraction of sp³-hybridized carbons (Fsp3) is 0.375. The summed E-state index contributed by atoms with van der Waals surface area (Å²) in [6, 6.07) is 9.73. The second-order valence-electron chi connectivity index (χ2n) is 5.27. The molecule has 21 heavy (non-hydrogen) atoms. The Bertz CT molecular complexity index is 589. The Kier molecular flexibility index (Phi) is 4.31. The fourth-order valence-electron chi connectivity index (χ4n) is 2.50. The number of aromatic nitrogens is 1. The average molecular weight is 285 g/mol. The Hall–Kier alpha value is -2.14. The molecule has 1 aliphatic rings. The minimum absolute atomic E-state index is 0.0687. The van der Waals surface area contributed by atoms with E-state index in [1.54, 1.807) is 6.26 Å². The summed E-state index contributed by atoms with van der Waals surface area (Å²) in [7, 11) is 0. The first kappa shape index (κ1) is 13.8. The van der Waals surface area contributed by atoms with E-state index in [0.717, 1.165) is 37.2 Å². The van der Waals surface area contributed by atoms with E-state index in [-0.39, 0.29) is 11.8 Å². The highest BCUT2D eigenvalue weighted by Crippen LogP contribution is 2.18. The van der Waals surface area contributed by atoms with Gasteiger partial charge in [-0.25, -0.2) is 4.98 Å². The zero-order chi connectivity index (χ0) is 14.5. The zero-order valence-corrected chi connectivity index (χ0v) is 11.8. The van der Waals surface area contributed by atoms with E-state index in [1.165, 1.54) is 0 Å². The van der Waals surface area contributed by atoms with E-state index < -0.39 is 0 Å². The van der Waals surface area contributed by atoms with Crippen LogP contribution < -0.4 is 10.6 Å². The molecule has 3 rings (SSSR count).